The van der Waals surface area contributed by atoms with E-state index in [2.05, 4.69) is 6.92 Å². The van der Waals surface area contributed by atoms with Crippen LogP contribution in [0.15, 0.2) is 9.95 Å². The van der Waals surface area contributed by atoms with Crippen molar-refractivity contribution in [2.75, 3.05) is 0 Å². The van der Waals surface area contributed by atoms with Crippen LogP contribution < -0.4 is 5.56 Å². The molecule has 0 amide bonds. The Balaban J connectivity index is 2.10. The normalized spacial score (nSPS) is 15.3. The van der Waals surface area contributed by atoms with E-state index in [0.29, 0.717) is 11.7 Å². The van der Waals surface area contributed by atoms with Crippen molar-refractivity contribution >= 4 is 39.1 Å². The number of fused-ring (bicyclic) bond motifs is 3. The SMILES string of the molecule is CCCCCn1c(SC(C)C(C)=O)nc2sc3c(c2c1=O)CCCC3. The molecule has 0 aromatic carbocycles. The quantitative estimate of drug-likeness (QED) is 0.401. The number of rotatable bonds is 7. The number of carbonyl (C=O) groups is 1. The lowest BCUT2D eigenvalue weighted by molar-refractivity contribution is -0.116. The molecule has 0 bridgehead atoms. The van der Waals surface area contributed by atoms with E-state index in [1.54, 1.807) is 18.3 Å². The van der Waals surface area contributed by atoms with E-state index >= 15 is 0 Å². The molecule has 1 aliphatic carbocycles. The predicted octanol–water partition coefficient (Wildman–Crippen LogP) is 4.60. The second-order valence-electron chi connectivity index (χ2n) is 6.82. The third kappa shape index (κ3) is 3.85. The van der Waals surface area contributed by atoms with Gasteiger partial charge in [-0.3, -0.25) is 14.2 Å². The summed E-state index contributed by atoms with van der Waals surface area (Å²) in [6.45, 7) is 6.33. The minimum Gasteiger partial charge on any atom is -0.299 e. The number of nitrogens with zero attached hydrogens (tertiary/aromatic N) is 2. The van der Waals surface area contributed by atoms with Crippen molar-refractivity contribution in [3.63, 3.8) is 0 Å². The molecular weight excluding hydrogens is 352 g/mol. The first kappa shape index (κ1) is 18.6. The number of Topliss-reactive ketones (excluding diaryl/α,β-unsaturated/α-hetero) is 1. The van der Waals surface area contributed by atoms with Crippen molar-refractivity contribution in [3.8, 4) is 0 Å². The highest BCUT2D eigenvalue weighted by Crippen LogP contribution is 2.35. The average Bonchev–Trinajstić information content (AvgIpc) is 2.95. The van der Waals surface area contributed by atoms with Crippen LogP contribution in [0.1, 0.15) is 63.3 Å². The smallest absolute Gasteiger partial charge is 0.263 e. The van der Waals surface area contributed by atoms with Crippen LogP contribution in [0.2, 0.25) is 0 Å². The van der Waals surface area contributed by atoms with Crippen molar-refractivity contribution in [2.45, 2.75) is 82.7 Å². The van der Waals surface area contributed by atoms with Crippen LogP contribution in [-0.4, -0.2) is 20.6 Å². The highest BCUT2D eigenvalue weighted by atomic mass is 32.2. The number of thiophene rings is 1. The number of thioether (sulfide) groups is 1. The zero-order valence-electron chi connectivity index (χ0n) is 15.3. The van der Waals surface area contributed by atoms with Crippen molar-refractivity contribution in [1.82, 2.24) is 9.55 Å². The van der Waals surface area contributed by atoms with Crippen molar-refractivity contribution in [1.29, 1.82) is 0 Å². The van der Waals surface area contributed by atoms with E-state index in [1.807, 2.05) is 11.5 Å². The lowest BCUT2D eigenvalue weighted by Gasteiger charge is -2.15. The molecule has 3 rings (SSSR count). The summed E-state index contributed by atoms with van der Waals surface area (Å²) < 4.78 is 1.82. The van der Waals surface area contributed by atoms with Gasteiger partial charge in [-0.2, -0.15) is 0 Å². The fourth-order valence-electron chi connectivity index (χ4n) is 3.27. The first-order valence-electron chi connectivity index (χ1n) is 9.25. The Kier molecular flexibility index (Phi) is 6.00. The number of aromatic nitrogens is 2. The summed E-state index contributed by atoms with van der Waals surface area (Å²) in [5, 5.41) is 1.36. The molecule has 2 aromatic heterocycles. The number of carbonyl (C=O) groups excluding carboxylic acids is 1. The van der Waals surface area contributed by atoms with Crippen LogP contribution in [-0.2, 0) is 24.2 Å². The minimum atomic E-state index is -0.184. The summed E-state index contributed by atoms with van der Waals surface area (Å²) in [4.78, 5) is 32.0. The van der Waals surface area contributed by atoms with Crippen LogP contribution in [0.4, 0.5) is 0 Å². The molecule has 1 aliphatic rings. The van der Waals surface area contributed by atoms with Crippen LogP contribution >= 0.6 is 23.1 Å². The first-order valence-corrected chi connectivity index (χ1v) is 10.9. The van der Waals surface area contributed by atoms with Gasteiger partial charge in [0.2, 0.25) is 0 Å². The van der Waals surface area contributed by atoms with Gasteiger partial charge in [0, 0.05) is 11.4 Å². The summed E-state index contributed by atoms with van der Waals surface area (Å²) in [7, 11) is 0. The maximum atomic E-state index is 13.3. The standard InChI is InChI=1S/C19H26N2O2S2/c1-4-5-8-11-21-18(23)16-14-9-6-7-10-15(14)25-17(16)20-19(21)24-13(3)12(2)22/h13H,4-11H2,1-3H3. The zero-order valence-corrected chi connectivity index (χ0v) is 16.9. The van der Waals surface area contributed by atoms with Crippen LogP contribution in [0.25, 0.3) is 10.2 Å². The van der Waals surface area contributed by atoms with Gasteiger partial charge in [-0.25, -0.2) is 4.98 Å². The molecule has 2 heterocycles. The molecule has 1 unspecified atom stereocenters. The summed E-state index contributed by atoms with van der Waals surface area (Å²) in [5.41, 5.74) is 1.34. The van der Waals surface area contributed by atoms with Gasteiger partial charge in [0.15, 0.2) is 5.16 Å². The van der Waals surface area contributed by atoms with Crippen molar-refractivity contribution in [3.05, 3.63) is 20.8 Å². The van der Waals surface area contributed by atoms with Gasteiger partial charge >= 0.3 is 0 Å². The van der Waals surface area contributed by atoms with E-state index in [9.17, 15) is 9.59 Å². The Hall–Kier alpha value is -1.14. The molecule has 0 radical (unpaired) electrons. The molecule has 4 nitrogen and oxygen atoms in total. The maximum absolute atomic E-state index is 13.3. The lowest BCUT2D eigenvalue weighted by Crippen LogP contribution is -2.25. The van der Waals surface area contributed by atoms with Gasteiger partial charge in [-0.15, -0.1) is 11.3 Å². The molecule has 1 atom stereocenters. The molecule has 0 aliphatic heterocycles. The topological polar surface area (TPSA) is 52.0 Å². The molecule has 0 spiro atoms. The number of ketones is 1. The predicted molar refractivity (Wildman–Crippen MR) is 106 cm³/mol. The van der Waals surface area contributed by atoms with Gasteiger partial charge in [0.05, 0.1) is 10.6 Å². The molecule has 25 heavy (non-hydrogen) atoms. The second kappa shape index (κ2) is 8.04. The molecular formula is C19H26N2O2S2. The molecule has 0 fully saturated rings. The molecule has 2 aromatic rings. The lowest BCUT2D eigenvalue weighted by atomic mass is 9.97. The number of aryl methyl sites for hydroxylation is 2. The molecule has 0 N–H and O–H groups in total. The zero-order chi connectivity index (χ0) is 18.0. The monoisotopic (exact) mass is 378 g/mol. The summed E-state index contributed by atoms with van der Waals surface area (Å²) >= 11 is 3.10. The molecule has 0 saturated carbocycles. The average molecular weight is 379 g/mol. The fraction of sp³-hybridized carbons (Fsp3) is 0.632. The Labute approximate surface area is 157 Å². The largest absolute Gasteiger partial charge is 0.299 e. The highest BCUT2D eigenvalue weighted by Gasteiger charge is 2.23. The summed E-state index contributed by atoms with van der Waals surface area (Å²) in [6.07, 6.45) is 7.61. The third-order valence-electron chi connectivity index (χ3n) is 4.88. The van der Waals surface area contributed by atoms with Gasteiger partial charge in [-0.05, 0) is 51.5 Å². The molecule has 136 valence electrons. The fourth-order valence-corrected chi connectivity index (χ4v) is 5.51. The number of hydrogen-bond donors (Lipinski definition) is 0. The van der Waals surface area contributed by atoms with Crippen molar-refractivity contribution < 1.29 is 4.79 Å². The Bertz CT molecular complexity index is 838. The van der Waals surface area contributed by atoms with Gasteiger partial charge in [0.1, 0.15) is 10.6 Å². The van der Waals surface area contributed by atoms with Gasteiger partial charge in [0.25, 0.3) is 5.56 Å². The Morgan fingerprint density at radius 3 is 2.80 bits per heavy atom. The van der Waals surface area contributed by atoms with E-state index in [-0.39, 0.29) is 16.6 Å². The van der Waals surface area contributed by atoms with E-state index in [4.69, 9.17) is 4.98 Å². The van der Waals surface area contributed by atoms with E-state index < -0.39 is 0 Å². The maximum Gasteiger partial charge on any atom is 0.263 e. The van der Waals surface area contributed by atoms with Gasteiger partial charge < -0.3 is 0 Å². The van der Waals surface area contributed by atoms with Crippen LogP contribution in [0.5, 0.6) is 0 Å². The molecule has 6 heteroatoms. The summed E-state index contributed by atoms with van der Waals surface area (Å²) in [5.74, 6) is 0.116. The number of hydrogen-bond acceptors (Lipinski definition) is 5. The highest BCUT2D eigenvalue weighted by molar-refractivity contribution is 8.00. The Morgan fingerprint density at radius 2 is 2.08 bits per heavy atom. The van der Waals surface area contributed by atoms with Gasteiger partial charge in [-0.1, -0.05) is 31.5 Å². The van der Waals surface area contributed by atoms with Crippen molar-refractivity contribution in [2.24, 2.45) is 0 Å². The third-order valence-corrected chi connectivity index (χ3v) is 7.27. The number of unbranched alkanes of at least 4 members (excludes halogenated alkanes) is 2. The first-order chi connectivity index (χ1) is 12.0. The minimum absolute atomic E-state index is 0.0961. The second-order valence-corrected chi connectivity index (χ2v) is 9.21. The van der Waals surface area contributed by atoms with Crippen LogP contribution in [0, 0.1) is 0 Å². The molecule has 0 saturated heterocycles. The Morgan fingerprint density at radius 1 is 1.32 bits per heavy atom. The van der Waals surface area contributed by atoms with E-state index in [1.165, 1.54) is 28.6 Å². The summed E-state index contributed by atoms with van der Waals surface area (Å²) in [6, 6.07) is 0. The van der Waals surface area contributed by atoms with Crippen LogP contribution in [0.3, 0.4) is 0 Å². The van der Waals surface area contributed by atoms with E-state index in [0.717, 1.165) is 48.7 Å².